The third-order valence-electron chi connectivity index (χ3n) is 5.88. The molecule has 0 spiro atoms. The summed E-state index contributed by atoms with van der Waals surface area (Å²) in [6, 6.07) is 13.7. The van der Waals surface area contributed by atoms with Crippen molar-refractivity contribution in [3.05, 3.63) is 89.0 Å². The fraction of sp³-hybridized carbons (Fsp3) is 0.192. The third kappa shape index (κ3) is 4.17. The summed E-state index contributed by atoms with van der Waals surface area (Å²) in [6.07, 6.45) is 7.81. The number of nitrogens with zero attached hydrogens (tertiary/aromatic N) is 2. The van der Waals surface area contributed by atoms with Crippen molar-refractivity contribution in [3.8, 4) is 11.1 Å². The number of carbonyl (C=O) groups excluding carboxylic acids is 1. The van der Waals surface area contributed by atoms with E-state index in [0.29, 0.717) is 23.3 Å². The molecule has 2 aromatic carbocycles. The van der Waals surface area contributed by atoms with Crippen LogP contribution in [0.3, 0.4) is 0 Å². The van der Waals surface area contributed by atoms with E-state index >= 15 is 0 Å². The Balaban J connectivity index is 1.40. The van der Waals surface area contributed by atoms with E-state index in [1.165, 1.54) is 0 Å². The molecule has 1 amide bonds. The third-order valence-corrected chi connectivity index (χ3v) is 5.88. The number of imidazole rings is 1. The Hall–Kier alpha value is -4.13. The van der Waals surface area contributed by atoms with Crippen molar-refractivity contribution in [3.63, 3.8) is 0 Å². The lowest BCUT2D eigenvalue weighted by Gasteiger charge is -2.09. The zero-order chi connectivity index (χ0) is 22.8. The highest BCUT2D eigenvalue weighted by Gasteiger charge is 2.17. The summed E-state index contributed by atoms with van der Waals surface area (Å²) in [5.74, 6) is -0.204. The molecule has 0 fully saturated rings. The summed E-state index contributed by atoms with van der Waals surface area (Å²) in [5, 5.41) is 4.61. The van der Waals surface area contributed by atoms with Crippen molar-refractivity contribution in [1.29, 1.82) is 0 Å². The van der Waals surface area contributed by atoms with Crippen molar-refractivity contribution in [2.45, 2.75) is 26.3 Å². The van der Waals surface area contributed by atoms with Crippen molar-refractivity contribution >= 4 is 27.8 Å². The molecule has 3 heterocycles. The van der Waals surface area contributed by atoms with Gasteiger partial charge in [0, 0.05) is 47.9 Å². The van der Waals surface area contributed by atoms with E-state index in [9.17, 15) is 9.59 Å². The molecular formula is C26H23N3O4. The van der Waals surface area contributed by atoms with Crippen LogP contribution in [0.25, 0.3) is 33.1 Å². The number of fused-ring (bicyclic) bond motifs is 2. The van der Waals surface area contributed by atoms with E-state index < -0.39 is 5.63 Å². The molecule has 0 bridgehead atoms. The molecule has 5 aromatic rings. The van der Waals surface area contributed by atoms with E-state index in [0.717, 1.165) is 40.4 Å². The van der Waals surface area contributed by atoms with Crippen LogP contribution < -0.4 is 10.9 Å². The summed E-state index contributed by atoms with van der Waals surface area (Å²) in [5.41, 5.74) is 3.73. The highest BCUT2D eigenvalue weighted by Crippen LogP contribution is 2.34. The van der Waals surface area contributed by atoms with Crippen LogP contribution in [0.4, 0.5) is 0 Å². The fourth-order valence-corrected chi connectivity index (χ4v) is 4.09. The lowest BCUT2D eigenvalue weighted by Crippen LogP contribution is -2.29. The molecule has 0 atom stereocenters. The lowest BCUT2D eigenvalue weighted by atomic mass is 9.99. The van der Waals surface area contributed by atoms with Crippen molar-refractivity contribution < 1.29 is 13.6 Å². The molecule has 7 heteroatoms. The van der Waals surface area contributed by atoms with Crippen molar-refractivity contribution in [2.75, 3.05) is 6.54 Å². The number of hydrogen-bond donors (Lipinski definition) is 1. The number of furan rings is 1. The second-order valence-corrected chi connectivity index (χ2v) is 8.03. The van der Waals surface area contributed by atoms with E-state index in [4.69, 9.17) is 8.83 Å². The molecule has 3 aromatic heterocycles. The number of aryl methyl sites for hydroxylation is 2. The maximum atomic E-state index is 12.7. The van der Waals surface area contributed by atoms with Crippen LogP contribution in [0.5, 0.6) is 0 Å². The SMILES string of the molecule is Cc1c(CC(=O)NCCCn2ccnc2)c(=O)oc2cc3occ(-c4ccccc4)c3cc12. The van der Waals surface area contributed by atoms with E-state index in [1.807, 2.05) is 54.1 Å². The lowest BCUT2D eigenvalue weighted by molar-refractivity contribution is -0.120. The minimum atomic E-state index is -0.497. The van der Waals surface area contributed by atoms with Crippen LogP contribution in [0, 0.1) is 6.92 Å². The Morgan fingerprint density at radius 2 is 1.97 bits per heavy atom. The van der Waals surface area contributed by atoms with Crippen LogP contribution in [0.1, 0.15) is 17.5 Å². The number of rotatable bonds is 7. The first kappa shape index (κ1) is 20.8. The molecule has 1 N–H and O–H groups in total. The van der Waals surface area contributed by atoms with Crippen molar-refractivity contribution in [1.82, 2.24) is 14.9 Å². The summed E-state index contributed by atoms with van der Waals surface area (Å²) in [6.45, 7) is 3.14. The number of amides is 1. The molecule has 0 aliphatic heterocycles. The van der Waals surface area contributed by atoms with E-state index in [2.05, 4.69) is 10.3 Å². The van der Waals surface area contributed by atoms with Gasteiger partial charge in [0.05, 0.1) is 24.6 Å². The van der Waals surface area contributed by atoms with Gasteiger partial charge in [0.25, 0.3) is 0 Å². The quantitative estimate of drug-likeness (QED) is 0.297. The normalized spacial score (nSPS) is 11.3. The standard InChI is InChI=1S/C26H23N3O4/c1-17-19-12-21-22(18-6-3-2-4-7-18)15-32-23(21)14-24(19)33-26(31)20(17)13-25(30)28-8-5-10-29-11-9-27-16-29/h2-4,6-7,9,11-12,14-16H,5,8,10,13H2,1H3,(H,28,30). The maximum absolute atomic E-state index is 12.7. The number of nitrogens with one attached hydrogen (secondary N) is 1. The molecule has 33 heavy (non-hydrogen) atoms. The van der Waals surface area contributed by atoms with Crippen LogP contribution in [-0.4, -0.2) is 22.0 Å². The van der Waals surface area contributed by atoms with Crippen LogP contribution in [0.2, 0.25) is 0 Å². The summed E-state index contributed by atoms with van der Waals surface area (Å²) in [4.78, 5) is 29.1. The van der Waals surface area contributed by atoms with Gasteiger partial charge < -0.3 is 18.7 Å². The van der Waals surface area contributed by atoms with Crippen LogP contribution >= 0.6 is 0 Å². The predicted octanol–water partition coefficient (Wildman–Crippen LogP) is 4.46. The molecule has 0 aliphatic rings. The van der Waals surface area contributed by atoms with Gasteiger partial charge in [-0.05, 0) is 30.5 Å². The molecule has 0 unspecified atom stereocenters. The number of hydrogen-bond acceptors (Lipinski definition) is 5. The van der Waals surface area contributed by atoms with Gasteiger partial charge in [0.1, 0.15) is 11.2 Å². The van der Waals surface area contributed by atoms with E-state index in [-0.39, 0.29) is 12.3 Å². The van der Waals surface area contributed by atoms with Crippen LogP contribution in [-0.2, 0) is 17.8 Å². The number of benzene rings is 2. The van der Waals surface area contributed by atoms with Gasteiger partial charge in [-0.3, -0.25) is 4.79 Å². The summed E-state index contributed by atoms with van der Waals surface area (Å²) < 4.78 is 13.3. The van der Waals surface area contributed by atoms with Crippen LogP contribution in [0.15, 0.2) is 81.1 Å². The largest absolute Gasteiger partial charge is 0.464 e. The summed E-state index contributed by atoms with van der Waals surface area (Å²) >= 11 is 0. The number of carbonyl (C=O) groups is 1. The van der Waals surface area contributed by atoms with Gasteiger partial charge in [-0.1, -0.05) is 30.3 Å². The highest BCUT2D eigenvalue weighted by molar-refractivity contribution is 6.02. The molecule has 166 valence electrons. The molecule has 0 radical (unpaired) electrons. The van der Waals surface area contributed by atoms with Gasteiger partial charge in [0.15, 0.2) is 0 Å². The first-order chi connectivity index (χ1) is 16.1. The molecule has 5 rings (SSSR count). The van der Waals surface area contributed by atoms with Gasteiger partial charge in [-0.25, -0.2) is 9.78 Å². The fourth-order valence-electron chi connectivity index (χ4n) is 4.09. The van der Waals surface area contributed by atoms with Crippen molar-refractivity contribution in [2.24, 2.45) is 0 Å². The average molecular weight is 441 g/mol. The smallest absolute Gasteiger partial charge is 0.340 e. The highest BCUT2D eigenvalue weighted by atomic mass is 16.4. The Morgan fingerprint density at radius 1 is 1.12 bits per heavy atom. The predicted molar refractivity (Wildman–Crippen MR) is 126 cm³/mol. The minimum Gasteiger partial charge on any atom is -0.464 e. The zero-order valence-corrected chi connectivity index (χ0v) is 18.2. The second-order valence-electron chi connectivity index (χ2n) is 8.03. The zero-order valence-electron chi connectivity index (χ0n) is 18.2. The molecule has 0 saturated heterocycles. The Labute approximate surface area is 189 Å². The monoisotopic (exact) mass is 441 g/mol. The minimum absolute atomic E-state index is 0.0237. The Bertz CT molecular complexity index is 1480. The Morgan fingerprint density at radius 3 is 2.76 bits per heavy atom. The first-order valence-electron chi connectivity index (χ1n) is 10.9. The molecular weight excluding hydrogens is 418 g/mol. The molecule has 0 saturated carbocycles. The first-order valence-corrected chi connectivity index (χ1v) is 10.9. The maximum Gasteiger partial charge on any atom is 0.340 e. The van der Waals surface area contributed by atoms with Gasteiger partial charge >= 0.3 is 5.63 Å². The average Bonchev–Trinajstić information content (AvgIpc) is 3.49. The topological polar surface area (TPSA) is 90.3 Å². The summed E-state index contributed by atoms with van der Waals surface area (Å²) in [7, 11) is 0. The number of aromatic nitrogens is 2. The van der Waals surface area contributed by atoms with Gasteiger partial charge in [0.2, 0.25) is 5.91 Å². The second kappa shape index (κ2) is 8.78. The molecule has 7 nitrogen and oxygen atoms in total. The molecule has 0 aliphatic carbocycles. The Kier molecular flexibility index (Phi) is 5.52. The van der Waals surface area contributed by atoms with E-state index in [1.54, 1.807) is 24.9 Å². The van der Waals surface area contributed by atoms with Gasteiger partial charge in [-0.2, -0.15) is 0 Å². The van der Waals surface area contributed by atoms with Gasteiger partial charge in [-0.15, -0.1) is 0 Å².